The SMILES string of the molecule is COc1ccccc1CCNCCCN1CCOCC1. The molecule has 0 bridgehead atoms. The lowest BCUT2D eigenvalue weighted by Gasteiger charge is -2.26. The van der Waals surface area contributed by atoms with Gasteiger partial charge in [0.15, 0.2) is 0 Å². The maximum Gasteiger partial charge on any atom is 0.122 e. The number of rotatable bonds is 8. The predicted molar refractivity (Wildman–Crippen MR) is 81.4 cm³/mol. The minimum atomic E-state index is 0.890. The quantitative estimate of drug-likeness (QED) is 0.732. The van der Waals surface area contributed by atoms with Gasteiger partial charge in [0, 0.05) is 13.1 Å². The Kier molecular flexibility index (Phi) is 6.84. The number of hydrogen-bond donors (Lipinski definition) is 1. The van der Waals surface area contributed by atoms with E-state index in [1.54, 1.807) is 7.11 Å². The molecule has 0 radical (unpaired) electrons. The average molecular weight is 278 g/mol. The van der Waals surface area contributed by atoms with Gasteiger partial charge in [-0.05, 0) is 44.1 Å². The molecule has 4 heteroatoms. The summed E-state index contributed by atoms with van der Waals surface area (Å²) in [7, 11) is 1.73. The molecule has 2 rings (SSSR count). The maximum absolute atomic E-state index is 5.36. The summed E-state index contributed by atoms with van der Waals surface area (Å²) in [6.07, 6.45) is 2.22. The van der Waals surface area contributed by atoms with Gasteiger partial charge in [-0.1, -0.05) is 18.2 Å². The predicted octanol–water partition coefficient (Wildman–Crippen LogP) is 1.55. The van der Waals surface area contributed by atoms with Crippen molar-refractivity contribution in [2.75, 3.05) is 53.0 Å². The summed E-state index contributed by atoms with van der Waals surface area (Å²) in [6.45, 7) is 7.20. The number of methoxy groups -OCH3 is 1. The van der Waals surface area contributed by atoms with Crippen molar-refractivity contribution in [1.29, 1.82) is 0 Å². The summed E-state index contributed by atoms with van der Waals surface area (Å²) in [4.78, 5) is 2.48. The molecule has 0 unspecified atom stereocenters. The second-order valence-electron chi connectivity index (χ2n) is 5.12. The zero-order valence-electron chi connectivity index (χ0n) is 12.4. The van der Waals surface area contributed by atoms with Crippen molar-refractivity contribution >= 4 is 0 Å². The smallest absolute Gasteiger partial charge is 0.122 e. The molecule has 1 aromatic rings. The first-order chi connectivity index (χ1) is 9.90. The average Bonchev–Trinajstić information content (AvgIpc) is 2.52. The van der Waals surface area contributed by atoms with E-state index in [4.69, 9.17) is 9.47 Å². The van der Waals surface area contributed by atoms with E-state index in [-0.39, 0.29) is 0 Å². The van der Waals surface area contributed by atoms with Crippen molar-refractivity contribution in [2.24, 2.45) is 0 Å². The van der Waals surface area contributed by atoms with E-state index in [1.165, 1.54) is 18.5 Å². The third-order valence-electron chi connectivity index (χ3n) is 3.70. The maximum atomic E-state index is 5.36. The standard InChI is InChI=1S/C16H26N2O2/c1-19-16-6-3-2-5-15(16)7-9-17-8-4-10-18-11-13-20-14-12-18/h2-3,5-6,17H,4,7-14H2,1H3. The molecule has 0 atom stereocenters. The lowest BCUT2D eigenvalue weighted by atomic mass is 10.1. The second-order valence-corrected chi connectivity index (χ2v) is 5.12. The first-order valence-electron chi connectivity index (χ1n) is 7.53. The van der Waals surface area contributed by atoms with Crippen LogP contribution in [0.25, 0.3) is 0 Å². The number of benzene rings is 1. The van der Waals surface area contributed by atoms with Gasteiger partial charge in [0.05, 0.1) is 20.3 Å². The molecule has 4 nitrogen and oxygen atoms in total. The van der Waals surface area contributed by atoms with E-state index in [2.05, 4.69) is 22.3 Å². The van der Waals surface area contributed by atoms with E-state index < -0.39 is 0 Å². The van der Waals surface area contributed by atoms with E-state index in [9.17, 15) is 0 Å². The van der Waals surface area contributed by atoms with Gasteiger partial charge in [-0.2, -0.15) is 0 Å². The van der Waals surface area contributed by atoms with Crippen molar-refractivity contribution < 1.29 is 9.47 Å². The van der Waals surface area contributed by atoms with Crippen molar-refractivity contribution in [3.8, 4) is 5.75 Å². The molecular formula is C16H26N2O2. The molecule has 1 saturated heterocycles. The molecule has 20 heavy (non-hydrogen) atoms. The first kappa shape index (κ1) is 15.3. The van der Waals surface area contributed by atoms with Crippen molar-refractivity contribution in [1.82, 2.24) is 10.2 Å². The van der Waals surface area contributed by atoms with Crippen LogP contribution < -0.4 is 10.1 Å². The van der Waals surface area contributed by atoms with Gasteiger partial charge >= 0.3 is 0 Å². The Balaban J connectivity index is 1.55. The molecule has 0 saturated carbocycles. The van der Waals surface area contributed by atoms with Crippen molar-refractivity contribution in [3.63, 3.8) is 0 Å². The molecule has 112 valence electrons. The summed E-state index contributed by atoms with van der Waals surface area (Å²) in [5.74, 6) is 0.989. The fraction of sp³-hybridized carbons (Fsp3) is 0.625. The van der Waals surface area contributed by atoms with E-state index in [0.29, 0.717) is 0 Å². The molecule has 1 aliphatic heterocycles. The topological polar surface area (TPSA) is 33.7 Å². The molecule has 0 amide bonds. The summed E-state index contributed by atoms with van der Waals surface area (Å²) >= 11 is 0. The Morgan fingerprint density at radius 3 is 2.80 bits per heavy atom. The molecule has 1 aromatic carbocycles. The van der Waals surface area contributed by atoms with Gasteiger partial charge in [0.25, 0.3) is 0 Å². The van der Waals surface area contributed by atoms with Crippen LogP contribution in [0.1, 0.15) is 12.0 Å². The Morgan fingerprint density at radius 1 is 1.20 bits per heavy atom. The summed E-state index contributed by atoms with van der Waals surface area (Å²) in [6, 6.07) is 8.23. The van der Waals surface area contributed by atoms with Gasteiger partial charge < -0.3 is 14.8 Å². The second kappa shape index (κ2) is 8.95. The highest BCUT2D eigenvalue weighted by atomic mass is 16.5. The van der Waals surface area contributed by atoms with Crippen LogP contribution >= 0.6 is 0 Å². The lowest BCUT2D eigenvalue weighted by Crippen LogP contribution is -2.37. The van der Waals surface area contributed by atoms with Gasteiger partial charge in [-0.15, -0.1) is 0 Å². The van der Waals surface area contributed by atoms with Crippen LogP contribution in [0.4, 0.5) is 0 Å². The molecule has 0 aliphatic carbocycles. The zero-order valence-corrected chi connectivity index (χ0v) is 12.4. The highest BCUT2D eigenvalue weighted by Gasteiger charge is 2.08. The van der Waals surface area contributed by atoms with Crippen LogP contribution in [0.2, 0.25) is 0 Å². The third kappa shape index (κ3) is 5.12. The monoisotopic (exact) mass is 278 g/mol. The minimum Gasteiger partial charge on any atom is -0.496 e. The molecule has 1 fully saturated rings. The fourth-order valence-corrected chi connectivity index (χ4v) is 2.51. The van der Waals surface area contributed by atoms with Crippen molar-refractivity contribution in [3.05, 3.63) is 29.8 Å². The van der Waals surface area contributed by atoms with Crippen molar-refractivity contribution in [2.45, 2.75) is 12.8 Å². The highest BCUT2D eigenvalue weighted by Crippen LogP contribution is 2.17. The summed E-state index contributed by atoms with van der Waals surface area (Å²) in [5, 5.41) is 3.51. The third-order valence-corrected chi connectivity index (χ3v) is 3.70. The van der Waals surface area contributed by atoms with Crippen LogP contribution in [-0.2, 0) is 11.2 Å². The number of morpholine rings is 1. The Hall–Kier alpha value is -1.10. The van der Waals surface area contributed by atoms with Crippen LogP contribution in [-0.4, -0.2) is 57.9 Å². The first-order valence-corrected chi connectivity index (χ1v) is 7.53. The number of ether oxygens (including phenoxy) is 2. The van der Waals surface area contributed by atoms with Crippen LogP contribution in [0.5, 0.6) is 5.75 Å². The molecule has 0 aromatic heterocycles. The zero-order chi connectivity index (χ0) is 14.0. The molecule has 1 aliphatic rings. The van der Waals surface area contributed by atoms with Crippen LogP contribution in [0.15, 0.2) is 24.3 Å². The van der Waals surface area contributed by atoms with E-state index >= 15 is 0 Å². The highest BCUT2D eigenvalue weighted by molar-refractivity contribution is 5.33. The van der Waals surface area contributed by atoms with E-state index in [1.807, 2.05) is 12.1 Å². The fourth-order valence-electron chi connectivity index (χ4n) is 2.51. The number of nitrogens with zero attached hydrogens (tertiary/aromatic N) is 1. The number of hydrogen-bond acceptors (Lipinski definition) is 4. The summed E-state index contributed by atoms with van der Waals surface area (Å²) < 4.78 is 10.7. The number of nitrogens with one attached hydrogen (secondary N) is 1. The Morgan fingerprint density at radius 2 is 2.00 bits per heavy atom. The largest absolute Gasteiger partial charge is 0.496 e. The molecule has 0 spiro atoms. The normalized spacial score (nSPS) is 16.2. The van der Waals surface area contributed by atoms with E-state index in [0.717, 1.165) is 51.6 Å². The van der Waals surface area contributed by atoms with Gasteiger partial charge in [0.1, 0.15) is 5.75 Å². The number of para-hydroxylation sites is 1. The molecular weight excluding hydrogens is 252 g/mol. The Labute approximate surface area is 122 Å². The van der Waals surface area contributed by atoms with Gasteiger partial charge in [-0.25, -0.2) is 0 Å². The molecule has 1 N–H and O–H groups in total. The molecule has 1 heterocycles. The van der Waals surface area contributed by atoms with Gasteiger partial charge in [0.2, 0.25) is 0 Å². The Bertz CT molecular complexity index is 378. The van der Waals surface area contributed by atoms with Crippen LogP contribution in [0.3, 0.4) is 0 Å². The van der Waals surface area contributed by atoms with Crippen LogP contribution in [0, 0.1) is 0 Å². The summed E-state index contributed by atoms with van der Waals surface area (Å²) in [5.41, 5.74) is 1.27. The van der Waals surface area contributed by atoms with Gasteiger partial charge in [-0.3, -0.25) is 4.90 Å². The minimum absolute atomic E-state index is 0.890. The lowest BCUT2D eigenvalue weighted by molar-refractivity contribution is 0.0375.